The van der Waals surface area contributed by atoms with Crippen molar-refractivity contribution in [3.63, 3.8) is 0 Å². The number of nitro benzene ring substituents is 1. The molecule has 10 heteroatoms. The first kappa shape index (κ1) is 25.2. The van der Waals surface area contributed by atoms with Crippen molar-refractivity contribution in [1.29, 1.82) is 0 Å². The molecule has 0 aromatic heterocycles. The Labute approximate surface area is 229 Å². The third-order valence-corrected chi connectivity index (χ3v) is 10.6. The van der Waals surface area contributed by atoms with E-state index >= 15 is 0 Å². The molecule has 4 aromatic carbocycles. The quantitative estimate of drug-likeness (QED) is 0.163. The van der Waals surface area contributed by atoms with Crippen LogP contribution < -0.4 is 10.5 Å². The average Bonchev–Trinajstić information content (AvgIpc) is 3.23. The largest absolute Gasteiger partial charge is 0.378 e. The van der Waals surface area contributed by atoms with Crippen LogP contribution in [0.1, 0.15) is 29.5 Å². The molecule has 4 aromatic rings. The van der Waals surface area contributed by atoms with Gasteiger partial charge in [-0.15, -0.1) is 23.4 Å². The number of nitrogens with zero attached hydrogens (tertiary/aromatic N) is 1. The van der Waals surface area contributed by atoms with E-state index in [1.54, 1.807) is 30.3 Å². The number of rotatable bonds is 5. The van der Waals surface area contributed by atoms with Gasteiger partial charge in [-0.05, 0) is 58.5 Å². The SMILES string of the molecule is NS(=O)(=O)c1ccc2c(c1)C1C(Cl)C(Sc3ccccc3[N+](=O)[O-])CC1C(c1cccc3ccccc13)N2. The zero-order chi connectivity index (χ0) is 26.6. The summed E-state index contributed by atoms with van der Waals surface area (Å²) in [5.74, 6) is -0.161. The lowest BCUT2D eigenvalue weighted by Crippen LogP contribution is -2.31. The fourth-order valence-electron chi connectivity index (χ4n) is 5.97. The molecule has 5 atom stereocenters. The number of fused-ring (bicyclic) bond motifs is 4. The summed E-state index contributed by atoms with van der Waals surface area (Å²) in [7, 11) is -3.91. The van der Waals surface area contributed by atoms with Crippen molar-refractivity contribution in [2.24, 2.45) is 11.1 Å². The second-order valence-corrected chi connectivity index (χ2v) is 13.1. The summed E-state index contributed by atoms with van der Waals surface area (Å²) in [6, 6.07) is 26.0. The third kappa shape index (κ3) is 4.33. The summed E-state index contributed by atoms with van der Waals surface area (Å²) in [6.07, 6.45) is 0.690. The number of hydrogen-bond donors (Lipinski definition) is 2. The van der Waals surface area contributed by atoms with Gasteiger partial charge in [0, 0.05) is 22.9 Å². The van der Waals surface area contributed by atoms with E-state index in [1.165, 1.54) is 23.9 Å². The van der Waals surface area contributed by atoms with Gasteiger partial charge in [-0.3, -0.25) is 10.1 Å². The highest BCUT2D eigenvalue weighted by Gasteiger charge is 2.50. The molecule has 2 aliphatic rings. The number of thioether (sulfide) groups is 1. The molecule has 7 nitrogen and oxygen atoms in total. The topological polar surface area (TPSA) is 115 Å². The summed E-state index contributed by atoms with van der Waals surface area (Å²) in [5.41, 5.74) is 2.82. The summed E-state index contributed by atoms with van der Waals surface area (Å²) in [6.45, 7) is 0. The average molecular weight is 566 g/mol. The Kier molecular flexibility index (Phi) is 6.34. The molecule has 1 saturated carbocycles. The van der Waals surface area contributed by atoms with Gasteiger partial charge in [0.25, 0.3) is 5.69 Å². The van der Waals surface area contributed by atoms with E-state index in [-0.39, 0.29) is 44.0 Å². The Balaban J connectivity index is 1.47. The number of alkyl halides is 1. The van der Waals surface area contributed by atoms with Gasteiger partial charge < -0.3 is 5.32 Å². The zero-order valence-electron chi connectivity index (χ0n) is 20.0. The Morgan fingerprint density at radius 1 is 0.974 bits per heavy atom. The van der Waals surface area contributed by atoms with Gasteiger partial charge >= 0.3 is 0 Å². The van der Waals surface area contributed by atoms with Crippen LogP contribution in [0.3, 0.4) is 0 Å². The summed E-state index contributed by atoms with van der Waals surface area (Å²) < 4.78 is 24.4. The van der Waals surface area contributed by atoms with Crippen molar-refractivity contribution in [2.45, 2.75) is 38.8 Å². The van der Waals surface area contributed by atoms with Gasteiger partial charge in [0.2, 0.25) is 10.0 Å². The minimum Gasteiger partial charge on any atom is -0.378 e. The Bertz CT molecular complexity index is 1670. The van der Waals surface area contributed by atoms with Crippen molar-refractivity contribution in [2.75, 3.05) is 5.32 Å². The summed E-state index contributed by atoms with van der Waals surface area (Å²) in [4.78, 5) is 11.9. The standard InChI is InChI=1S/C28H24ClN3O4S2/c29-27-25(37-24-11-4-3-10-23(24)32(33)34)15-21-26(27)20-14-17(38(30,35)36)12-13-22(20)31-28(21)19-9-5-7-16-6-1-2-8-18(16)19/h1-14,21,25-28,31H,15H2,(H2,30,35,36). The first-order valence-corrected chi connectivity index (χ1v) is 15.0. The predicted molar refractivity (Wildman–Crippen MR) is 151 cm³/mol. The number of nitrogens with two attached hydrogens (primary N) is 1. The molecule has 5 unspecified atom stereocenters. The van der Waals surface area contributed by atoms with E-state index in [0.29, 0.717) is 11.3 Å². The third-order valence-electron chi connectivity index (χ3n) is 7.61. The number of para-hydroxylation sites is 1. The molecule has 0 spiro atoms. The molecule has 0 saturated heterocycles. The zero-order valence-corrected chi connectivity index (χ0v) is 22.4. The van der Waals surface area contributed by atoms with Crippen LogP contribution >= 0.6 is 23.4 Å². The van der Waals surface area contributed by atoms with Crippen LogP contribution in [0.15, 0.2) is 94.7 Å². The molecule has 3 N–H and O–H groups in total. The lowest BCUT2D eigenvalue weighted by atomic mass is 9.76. The molecule has 6 rings (SSSR count). The lowest BCUT2D eigenvalue weighted by Gasteiger charge is -2.39. The fourth-order valence-corrected chi connectivity index (χ4v) is 8.46. The number of sulfonamides is 1. The van der Waals surface area contributed by atoms with E-state index in [9.17, 15) is 18.5 Å². The lowest BCUT2D eigenvalue weighted by molar-refractivity contribution is -0.387. The second kappa shape index (κ2) is 9.57. The summed E-state index contributed by atoms with van der Waals surface area (Å²) >= 11 is 8.62. The number of primary sulfonamides is 1. The maximum Gasteiger partial charge on any atom is 0.282 e. The highest BCUT2D eigenvalue weighted by Crippen LogP contribution is 2.58. The van der Waals surface area contributed by atoms with Gasteiger partial charge in [-0.2, -0.15) is 0 Å². The monoisotopic (exact) mass is 565 g/mol. The van der Waals surface area contributed by atoms with Crippen LogP contribution in [-0.4, -0.2) is 24.0 Å². The molecule has 0 amide bonds. The molecule has 1 heterocycles. The van der Waals surface area contributed by atoms with E-state index in [2.05, 4.69) is 29.6 Å². The number of nitro groups is 1. The van der Waals surface area contributed by atoms with Crippen molar-refractivity contribution in [3.8, 4) is 0 Å². The molecular weight excluding hydrogens is 542 g/mol. The Hall–Kier alpha value is -3.11. The maximum absolute atomic E-state index is 12.2. The second-order valence-electron chi connectivity index (χ2n) is 9.74. The predicted octanol–water partition coefficient (Wildman–Crippen LogP) is 6.43. The van der Waals surface area contributed by atoms with E-state index in [1.807, 2.05) is 18.2 Å². The van der Waals surface area contributed by atoms with E-state index in [0.717, 1.165) is 27.6 Å². The minimum atomic E-state index is -3.91. The molecule has 0 radical (unpaired) electrons. The van der Waals surface area contributed by atoms with Crippen LogP contribution in [0.2, 0.25) is 0 Å². The van der Waals surface area contributed by atoms with Crippen LogP contribution in [0.4, 0.5) is 11.4 Å². The molecule has 1 aliphatic carbocycles. The van der Waals surface area contributed by atoms with Crippen molar-refractivity contribution in [3.05, 3.63) is 106 Å². The normalized spacial score (nSPS) is 24.4. The molecule has 1 fully saturated rings. The highest BCUT2D eigenvalue weighted by atomic mass is 35.5. The molecule has 38 heavy (non-hydrogen) atoms. The van der Waals surface area contributed by atoms with E-state index < -0.39 is 10.0 Å². The van der Waals surface area contributed by atoms with Gasteiger partial charge in [-0.1, -0.05) is 54.6 Å². The van der Waals surface area contributed by atoms with Crippen LogP contribution in [0.25, 0.3) is 10.8 Å². The number of anilines is 1. The number of benzene rings is 4. The summed E-state index contributed by atoms with van der Waals surface area (Å²) in [5, 5.41) is 22.6. The molecular formula is C28H24ClN3O4S2. The minimum absolute atomic E-state index is 0.0202. The van der Waals surface area contributed by atoms with Crippen LogP contribution in [-0.2, 0) is 10.0 Å². The number of nitrogens with one attached hydrogen (secondary N) is 1. The van der Waals surface area contributed by atoms with Crippen LogP contribution in [0, 0.1) is 16.0 Å². The maximum atomic E-state index is 12.2. The van der Waals surface area contributed by atoms with Crippen LogP contribution in [0.5, 0.6) is 0 Å². The van der Waals surface area contributed by atoms with Gasteiger partial charge in [0.1, 0.15) is 0 Å². The van der Waals surface area contributed by atoms with Crippen molar-refractivity contribution < 1.29 is 13.3 Å². The molecule has 194 valence electrons. The Morgan fingerprint density at radius 2 is 1.71 bits per heavy atom. The van der Waals surface area contributed by atoms with Gasteiger partial charge in [-0.25, -0.2) is 13.6 Å². The Morgan fingerprint density at radius 3 is 2.50 bits per heavy atom. The van der Waals surface area contributed by atoms with Gasteiger partial charge in [0.15, 0.2) is 0 Å². The fraction of sp³-hybridized carbons (Fsp3) is 0.214. The number of hydrogen-bond acceptors (Lipinski definition) is 6. The van der Waals surface area contributed by atoms with Gasteiger partial charge in [0.05, 0.1) is 26.1 Å². The van der Waals surface area contributed by atoms with Crippen molar-refractivity contribution in [1.82, 2.24) is 0 Å². The number of halogens is 1. The van der Waals surface area contributed by atoms with Crippen molar-refractivity contribution >= 4 is 55.5 Å². The molecule has 1 aliphatic heterocycles. The first-order valence-electron chi connectivity index (χ1n) is 12.2. The van der Waals surface area contributed by atoms with E-state index in [4.69, 9.17) is 16.7 Å². The first-order chi connectivity index (χ1) is 18.2. The highest BCUT2D eigenvalue weighted by molar-refractivity contribution is 8.00. The molecule has 0 bridgehead atoms. The smallest absolute Gasteiger partial charge is 0.282 e.